The third-order valence-electron chi connectivity index (χ3n) is 4.43. The lowest BCUT2D eigenvalue weighted by molar-refractivity contribution is -0.124. The molecule has 26 heavy (non-hydrogen) atoms. The maximum atomic E-state index is 12.6. The fraction of sp³-hybridized carbons (Fsp3) is 0.143. The molecule has 1 aromatic heterocycles. The molecule has 0 aliphatic carbocycles. The Morgan fingerprint density at radius 1 is 1.15 bits per heavy atom. The molecule has 1 fully saturated rings. The van der Waals surface area contributed by atoms with Gasteiger partial charge in [-0.3, -0.25) is 4.79 Å². The van der Waals surface area contributed by atoms with Crippen LogP contribution in [0.1, 0.15) is 11.1 Å². The van der Waals surface area contributed by atoms with Crippen LogP contribution in [0.25, 0.3) is 16.2 Å². The van der Waals surface area contributed by atoms with Gasteiger partial charge in [0.25, 0.3) is 5.91 Å². The molecular formula is C21H17NO3S. The zero-order chi connectivity index (χ0) is 17.9. The van der Waals surface area contributed by atoms with Crippen LogP contribution in [-0.2, 0) is 16.0 Å². The lowest BCUT2D eigenvalue weighted by Gasteiger charge is -2.18. The summed E-state index contributed by atoms with van der Waals surface area (Å²) in [6.07, 6.45) is 3.24. The van der Waals surface area contributed by atoms with E-state index in [0.29, 0.717) is 6.42 Å². The summed E-state index contributed by atoms with van der Waals surface area (Å²) in [5, 5.41) is 3.17. The van der Waals surface area contributed by atoms with Crippen molar-refractivity contribution in [2.75, 3.05) is 6.61 Å². The van der Waals surface area contributed by atoms with Crippen molar-refractivity contribution in [1.82, 2.24) is 4.90 Å². The molecule has 4 rings (SSSR count). The minimum Gasteiger partial charge on any atom is -0.447 e. The molecule has 1 atom stereocenters. The van der Waals surface area contributed by atoms with Crippen molar-refractivity contribution >= 4 is 39.5 Å². The van der Waals surface area contributed by atoms with Crippen LogP contribution in [0.5, 0.6) is 0 Å². The van der Waals surface area contributed by atoms with Crippen molar-refractivity contribution in [1.29, 1.82) is 0 Å². The molecule has 3 aromatic rings. The zero-order valence-electron chi connectivity index (χ0n) is 14.0. The summed E-state index contributed by atoms with van der Waals surface area (Å²) in [5.74, 6) is -0.345. The van der Waals surface area contributed by atoms with Gasteiger partial charge in [-0.25, -0.2) is 9.69 Å². The Labute approximate surface area is 155 Å². The second kappa shape index (κ2) is 7.14. The number of benzene rings is 2. The molecular weight excluding hydrogens is 346 g/mol. The smallest absolute Gasteiger partial charge is 0.417 e. The number of ether oxygens (including phenoxy) is 1. The van der Waals surface area contributed by atoms with Gasteiger partial charge < -0.3 is 4.74 Å². The van der Waals surface area contributed by atoms with Crippen LogP contribution >= 0.6 is 11.3 Å². The number of carbonyl (C=O) groups excluding carboxylic acids is 2. The third-order valence-corrected chi connectivity index (χ3v) is 5.41. The largest absolute Gasteiger partial charge is 0.447 e. The summed E-state index contributed by atoms with van der Waals surface area (Å²) in [5.41, 5.74) is 2.04. The molecule has 0 bridgehead atoms. The minimum absolute atomic E-state index is 0.230. The van der Waals surface area contributed by atoms with Crippen LogP contribution in [0.15, 0.2) is 66.1 Å². The van der Waals surface area contributed by atoms with Crippen LogP contribution in [-0.4, -0.2) is 29.5 Å². The average molecular weight is 363 g/mol. The Hall–Kier alpha value is -2.92. The number of fused-ring (bicyclic) bond motifs is 1. The Bertz CT molecular complexity index is 977. The first-order valence-corrected chi connectivity index (χ1v) is 9.28. The number of hydrogen-bond donors (Lipinski definition) is 0. The highest BCUT2D eigenvalue weighted by Crippen LogP contribution is 2.26. The molecule has 0 saturated carbocycles. The SMILES string of the molecule is O=C(/C=C/c1cccc2ccsc12)N1C(=O)OC[C@H]1Cc1ccccc1. The van der Waals surface area contributed by atoms with Crippen molar-refractivity contribution in [2.45, 2.75) is 12.5 Å². The van der Waals surface area contributed by atoms with Gasteiger partial charge in [-0.1, -0.05) is 48.5 Å². The summed E-state index contributed by atoms with van der Waals surface area (Å²) in [7, 11) is 0. The molecule has 0 radical (unpaired) electrons. The fourth-order valence-electron chi connectivity index (χ4n) is 3.16. The number of hydrogen-bond acceptors (Lipinski definition) is 4. The molecule has 0 unspecified atom stereocenters. The molecule has 2 amide bonds. The van der Waals surface area contributed by atoms with Gasteiger partial charge in [0.15, 0.2) is 0 Å². The van der Waals surface area contributed by atoms with Crippen LogP contribution in [0, 0.1) is 0 Å². The van der Waals surface area contributed by atoms with Gasteiger partial charge in [0.1, 0.15) is 6.61 Å². The highest BCUT2D eigenvalue weighted by molar-refractivity contribution is 7.17. The molecule has 2 heterocycles. The second-order valence-electron chi connectivity index (χ2n) is 6.15. The fourth-order valence-corrected chi connectivity index (χ4v) is 4.05. The Morgan fingerprint density at radius 3 is 2.85 bits per heavy atom. The van der Waals surface area contributed by atoms with Gasteiger partial charge in [0.05, 0.1) is 6.04 Å². The quantitative estimate of drug-likeness (QED) is 0.641. The van der Waals surface area contributed by atoms with Gasteiger partial charge in [0.2, 0.25) is 0 Å². The highest BCUT2D eigenvalue weighted by Gasteiger charge is 2.36. The van der Waals surface area contributed by atoms with E-state index in [2.05, 4.69) is 0 Å². The van der Waals surface area contributed by atoms with E-state index in [9.17, 15) is 9.59 Å². The van der Waals surface area contributed by atoms with Crippen molar-refractivity contribution in [2.24, 2.45) is 0 Å². The molecule has 2 aromatic carbocycles. The molecule has 5 heteroatoms. The number of nitrogens with zero attached hydrogens (tertiary/aromatic N) is 1. The second-order valence-corrected chi connectivity index (χ2v) is 7.06. The number of cyclic esters (lactones) is 1. The van der Waals surface area contributed by atoms with Gasteiger partial charge in [-0.2, -0.15) is 0 Å². The first kappa shape index (κ1) is 16.5. The van der Waals surface area contributed by atoms with Crippen LogP contribution in [0.2, 0.25) is 0 Å². The molecule has 4 nitrogen and oxygen atoms in total. The zero-order valence-corrected chi connectivity index (χ0v) is 14.8. The number of thiophene rings is 1. The number of rotatable bonds is 4. The van der Waals surface area contributed by atoms with Gasteiger partial charge in [0, 0.05) is 10.8 Å². The number of imide groups is 1. The number of amides is 2. The van der Waals surface area contributed by atoms with Gasteiger partial charge in [-0.05, 0) is 40.5 Å². The van der Waals surface area contributed by atoms with Crippen molar-refractivity contribution in [3.05, 3.63) is 77.2 Å². The lowest BCUT2D eigenvalue weighted by Crippen LogP contribution is -2.39. The summed E-state index contributed by atoms with van der Waals surface area (Å²) in [6, 6.07) is 17.5. The van der Waals surface area contributed by atoms with Gasteiger partial charge >= 0.3 is 6.09 Å². The normalized spacial score (nSPS) is 17.2. The standard InChI is InChI=1S/C21H17NO3S/c23-19(10-9-16-7-4-8-17-11-12-26-20(16)17)22-18(14-25-21(22)24)13-15-5-2-1-3-6-15/h1-12,18H,13-14H2/b10-9+/t18-/m1/s1. The minimum atomic E-state index is -0.574. The molecule has 130 valence electrons. The molecule has 1 aliphatic rings. The summed E-state index contributed by atoms with van der Waals surface area (Å²) in [4.78, 5) is 25.9. The number of carbonyl (C=O) groups is 2. The van der Waals surface area contributed by atoms with E-state index < -0.39 is 6.09 Å². The van der Waals surface area contributed by atoms with Crippen LogP contribution in [0.3, 0.4) is 0 Å². The maximum Gasteiger partial charge on any atom is 0.417 e. The van der Waals surface area contributed by atoms with E-state index in [1.807, 2.05) is 60.0 Å². The van der Waals surface area contributed by atoms with Crippen molar-refractivity contribution in [3.63, 3.8) is 0 Å². The van der Waals surface area contributed by atoms with Crippen molar-refractivity contribution in [3.8, 4) is 0 Å². The van der Waals surface area contributed by atoms with E-state index in [1.54, 1.807) is 17.4 Å². The summed E-state index contributed by atoms with van der Waals surface area (Å²) < 4.78 is 6.24. The maximum absolute atomic E-state index is 12.6. The van der Waals surface area contributed by atoms with Crippen LogP contribution < -0.4 is 0 Å². The predicted molar refractivity (Wildman–Crippen MR) is 103 cm³/mol. The monoisotopic (exact) mass is 363 g/mol. The van der Waals surface area contributed by atoms with E-state index in [1.165, 1.54) is 11.0 Å². The molecule has 1 saturated heterocycles. The van der Waals surface area contributed by atoms with E-state index in [0.717, 1.165) is 21.2 Å². The Balaban J connectivity index is 1.54. The lowest BCUT2D eigenvalue weighted by atomic mass is 10.1. The predicted octanol–water partition coefficient (Wildman–Crippen LogP) is 4.50. The topological polar surface area (TPSA) is 46.6 Å². The molecule has 1 aliphatic heterocycles. The first-order chi connectivity index (χ1) is 12.7. The average Bonchev–Trinajstić information content (AvgIpc) is 3.27. The summed E-state index contributed by atoms with van der Waals surface area (Å²) >= 11 is 1.63. The molecule has 0 spiro atoms. The Kier molecular flexibility index (Phi) is 4.54. The summed E-state index contributed by atoms with van der Waals surface area (Å²) in [6.45, 7) is 0.230. The highest BCUT2D eigenvalue weighted by atomic mass is 32.1. The van der Waals surface area contributed by atoms with E-state index in [4.69, 9.17) is 4.74 Å². The molecule has 0 N–H and O–H groups in total. The Morgan fingerprint density at radius 2 is 2.00 bits per heavy atom. The third kappa shape index (κ3) is 3.26. The van der Waals surface area contributed by atoms with Crippen molar-refractivity contribution < 1.29 is 14.3 Å². The van der Waals surface area contributed by atoms with Gasteiger partial charge in [-0.15, -0.1) is 11.3 Å². The van der Waals surface area contributed by atoms with Crippen LogP contribution in [0.4, 0.5) is 4.79 Å². The first-order valence-electron chi connectivity index (χ1n) is 8.40. The van der Waals surface area contributed by atoms with E-state index in [-0.39, 0.29) is 18.6 Å². The van der Waals surface area contributed by atoms with E-state index >= 15 is 0 Å².